The van der Waals surface area contributed by atoms with Crippen LogP contribution in [0.3, 0.4) is 0 Å². The van der Waals surface area contributed by atoms with Crippen molar-refractivity contribution in [1.29, 1.82) is 0 Å². The minimum atomic E-state index is -0.0754. The molecule has 1 aromatic carbocycles. The van der Waals surface area contributed by atoms with E-state index >= 15 is 0 Å². The average molecular weight is 545 g/mol. The van der Waals surface area contributed by atoms with Crippen molar-refractivity contribution in [1.82, 2.24) is 14.8 Å². The zero-order valence-corrected chi connectivity index (χ0v) is 20.7. The third kappa shape index (κ3) is 5.80. The topological polar surface area (TPSA) is 58.4 Å². The number of fused-ring (bicyclic) bond motifs is 1. The lowest BCUT2D eigenvalue weighted by Gasteiger charge is -2.22. The monoisotopic (exact) mass is 545 g/mol. The molecule has 0 radical (unpaired) electrons. The van der Waals surface area contributed by atoms with Gasteiger partial charge in [-0.15, -0.1) is 0 Å². The Morgan fingerprint density at radius 1 is 1.31 bits per heavy atom. The van der Waals surface area contributed by atoms with Gasteiger partial charge in [0.25, 0.3) is 0 Å². The van der Waals surface area contributed by atoms with Crippen molar-refractivity contribution in [3.63, 3.8) is 0 Å². The fourth-order valence-electron chi connectivity index (χ4n) is 3.65. The molecule has 6 nitrogen and oxygen atoms in total. The molecule has 1 aliphatic heterocycles. The molecule has 0 N–H and O–H groups in total. The maximum Gasteiger partial charge on any atom is 0.227 e. The highest BCUT2D eigenvalue weighted by Crippen LogP contribution is 2.24. The predicted molar refractivity (Wildman–Crippen MR) is 132 cm³/mol. The van der Waals surface area contributed by atoms with Gasteiger partial charge in [0, 0.05) is 41.8 Å². The van der Waals surface area contributed by atoms with Crippen molar-refractivity contribution in [2.45, 2.75) is 58.5 Å². The van der Waals surface area contributed by atoms with Gasteiger partial charge in [0.05, 0.1) is 21.9 Å². The van der Waals surface area contributed by atoms with E-state index in [-0.39, 0.29) is 12.3 Å². The smallest absolute Gasteiger partial charge is 0.227 e. The molecule has 1 aliphatic rings. The van der Waals surface area contributed by atoms with Crippen LogP contribution in [0.15, 0.2) is 36.7 Å². The van der Waals surface area contributed by atoms with Gasteiger partial charge in [0.15, 0.2) is 6.29 Å². The van der Waals surface area contributed by atoms with Crippen molar-refractivity contribution >= 4 is 33.5 Å². The summed E-state index contributed by atoms with van der Waals surface area (Å²) in [5, 5.41) is 5.63. The Bertz CT molecular complexity index is 1110. The number of hydrogen-bond acceptors (Lipinski definition) is 5. The maximum atomic E-state index is 6.04. The van der Waals surface area contributed by atoms with Crippen LogP contribution < -0.4 is 4.74 Å². The third-order valence-electron chi connectivity index (χ3n) is 5.29. The summed E-state index contributed by atoms with van der Waals surface area (Å²) in [6, 6.07) is 8.39. The summed E-state index contributed by atoms with van der Waals surface area (Å²) in [4.78, 5) is 4.34. The van der Waals surface area contributed by atoms with E-state index in [0.29, 0.717) is 25.5 Å². The fourth-order valence-corrected chi connectivity index (χ4v) is 4.15. The van der Waals surface area contributed by atoms with Gasteiger partial charge in [-0.2, -0.15) is 5.10 Å². The highest BCUT2D eigenvalue weighted by molar-refractivity contribution is 14.1. The van der Waals surface area contributed by atoms with Crippen LogP contribution in [-0.2, 0) is 16.1 Å². The maximum absolute atomic E-state index is 6.04. The third-order valence-corrected chi connectivity index (χ3v) is 6.11. The molecule has 3 aromatic rings. The summed E-state index contributed by atoms with van der Waals surface area (Å²) in [5.41, 5.74) is 3.05. The van der Waals surface area contributed by atoms with Crippen LogP contribution in [0, 0.1) is 15.4 Å². The van der Waals surface area contributed by atoms with Crippen LogP contribution in [0.2, 0.25) is 0 Å². The molecule has 4 rings (SSSR count). The number of aromatic nitrogens is 3. The van der Waals surface area contributed by atoms with Gasteiger partial charge in [-0.25, -0.2) is 4.98 Å². The second kappa shape index (κ2) is 11.1. The van der Waals surface area contributed by atoms with E-state index in [9.17, 15) is 0 Å². The van der Waals surface area contributed by atoms with Crippen LogP contribution in [0.5, 0.6) is 5.88 Å². The minimum Gasteiger partial charge on any atom is -0.472 e. The van der Waals surface area contributed by atoms with E-state index in [2.05, 4.69) is 70.5 Å². The molecular weight excluding hydrogens is 517 g/mol. The summed E-state index contributed by atoms with van der Waals surface area (Å²) in [6.45, 7) is 6.01. The van der Waals surface area contributed by atoms with E-state index in [1.165, 1.54) is 6.42 Å². The zero-order valence-electron chi connectivity index (χ0n) is 18.5. The first-order chi connectivity index (χ1) is 15.6. The molecule has 1 saturated heterocycles. The summed E-state index contributed by atoms with van der Waals surface area (Å²) < 4.78 is 20.5. The van der Waals surface area contributed by atoms with Crippen LogP contribution >= 0.6 is 22.6 Å². The van der Waals surface area contributed by atoms with Gasteiger partial charge in [0.2, 0.25) is 5.88 Å². The van der Waals surface area contributed by atoms with Crippen molar-refractivity contribution in [2.75, 3.05) is 13.2 Å². The Morgan fingerprint density at radius 3 is 3.00 bits per heavy atom. The number of halogens is 1. The molecule has 0 amide bonds. The Balaban J connectivity index is 1.51. The van der Waals surface area contributed by atoms with Crippen molar-refractivity contribution in [2.24, 2.45) is 0 Å². The molecule has 0 saturated carbocycles. The number of benzene rings is 1. The molecule has 1 atom stereocenters. The molecule has 168 valence electrons. The normalized spacial score (nSPS) is 16.2. The molecule has 1 fully saturated rings. The second-order valence-electron chi connectivity index (χ2n) is 8.05. The predicted octanol–water partition coefficient (Wildman–Crippen LogP) is 5.48. The highest BCUT2D eigenvalue weighted by atomic mass is 127. The number of ether oxygens (including phenoxy) is 3. The van der Waals surface area contributed by atoms with Crippen LogP contribution in [0.4, 0.5) is 0 Å². The first kappa shape index (κ1) is 23.0. The Morgan fingerprint density at radius 2 is 2.22 bits per heavy atom. The first-order valence-corrected chi connectivity index (χ1v) is 12.1. The van der Waals surface area contributed by atoms with Gasteiger partial charge in [-0.1, -0.05) is 11.8 Å². The number of rotatable bonds is 7. The van der Waals surface area contributed by atoms with Crippen LogP contribution in [0.1, 0.15) is 56.7 Å². The van der Waals surface area contributed by atoms with Crippen LogP contribution in [0.25, 0.3) is 10.9 Å². The van der Waals surface area contributed by atoms with E-state index in [0.717, 1.165) is 45.0 Å². The Labute approximate surface area is 202 Å². The van der Waals surface area contributed by atoms with Crippen molar-refractivity contribution < 1.29 is 14.2 Å². The Kier molecular flexibility index (Phi) is 8.00. The lowest BCUT2D eigenvalue weighted by atomic mass is 10.1. The SMILES string of the molecule is CC(C)n1ncc2cc(C#CCCOC3CCCCO3)c(COc3ncccc3I)cc21. The first-order valence-electron chi connectivity index (χ1n) is 11.1. The molecule has 2 aromatic heterocycles. The largest absolute Gasteiger partial charge is 0.472 e. The van der Waals surface area contributed by atoms with Gasteiger partial charge in [-0.05, 0) is 80.0 Å². The molecular formula is C25H28IN3O3. The molecule has 0 spiro atoms. The summed E-state index contributed by atoms with van der Waals surface area (Å²) in [5.74, 6) is 7.21. The van der Waals surface area contributed by atoms with E-state index in [4.69, 9.17) is 14.2 Å². The van der Waals surface area contributed by atoms with Gasteiger partial charge >= 0.3 is 0 Å². The number of nitrogens with zero attached hydrogens (tertiary/aromatic N) is 3. The standard InChI is InChI=1S/C25H28IN3O3/c1-18(2)29-23-15-21(17-32-25-22(26)9-7-11-27-25)19(14-20(23)16-28-29)8-3-5-12-30-24-10-4-6-13-31-24/h7,9,11,14-16,18,24H,4-6,10,12-13,17H2,1-2H3. The fraction of sp³-hybridized carbons (Fsp3) is 0.440. The molecule has 7 heteroatoms. The van der Waals surface area contributed by atoms with E-state index in [1.807, 2.05) is 23.0 Å². The summed E-state index contributed by atoms with van der Waals surface area (Å²) in [7, 11) is 0. The lowest BCUT2D eigenvalue weighted by Crippen LogP contribution is -2.22. The average Bonchev–Trinajstić information content (AvgIpc) is 3.22. The molecule has 0 aliphatic carbocycles. The van der Waals surface area contributed by atoms with Crippen molar-refractivity contribution in [3.05, 3.63) is 51.4 Å². The van der Waals surface area contributed by atoms with Gasteiger partial charge in [0.1, 0.15) is 6.61 Å². The van der Waals surface area contributed by atoms with Crippen molar-refractivity contribution in [3.8, 4) is 17.7 Å². The van der Waals surface area contributed by atoms with Gasteiger partial charge in [-0.3, -0.25) is 4.68 Å². The number of hydrogen-bond donors (Lipinski definition) is 0. The van der Waals surface area contributed by atoms with E-state index in [1.54, 1.807) is 6.20 Å². The quantitative estimate of drug-likeness (QED) is 0.224. The van der Waals surface area contributed by atoms with Crippen LogP contribution in [-0.4, -0.2) is 34.3 Å². The molecule has 3 heterocycles. The highest BCUT2D eigenvalue weighted by Gasteiger charge is 2.14. The lowest BCUT2D eigenvalue weighted by molar-refractivity contribution is -0.161. The molecule has 32 heavy (non-hydrogen) atoms. The summed E-state index contributed by atoms with van der Waals surface area (Å²) >= 11 is 2.24. The van der Waals surface area contributed by atoms with Gasteiger partial charge < -0.3 is 14.2 Å². The minimum absolute atomic E-state index is 0.0754. The second-order valence-corrected chi connectivity index (χ2v) is 9.21. The number of pyridine rings is 1. The summed E-state index contributed by atoms with van der Waals surface area (Å²) in [6.07, 6.45) is 7.48. The zero-order chi connectivity index (χ0) is 22.3. The van der Waals surface area contributed by atoms with E-state index < -0.39 is 0 Å². The molecule has 1 unspecified atom stereocenters. The molecule has 0 bridgehead atoms. The Hall–Kier alpha value is -2.15.